The van der Waals surface area contributed by atoms with Crippen molar-refractivity contribution in [2.45, 2.75) is 10.8 Å². The summed E-state index contributed by atoms with van der Waals surface area (Å²) in [6, 6.07) is 23.7. The average molecular weight is 497 g/mol. The van der Waals surface area contributed by atoms with Crippen LogP contribution in [0.2, 0.25) is 5.02 Å². The van der Waals surface area contributed by atoms with Gasteiger partial charge in [-0.05, 0) is 35.4 Å². The van der Waals surface area contributed by atoms with E-state index >= 15 is 0 Å². The fourth-order valence-electron chi connectivity index (χ4n) is 3.74. The van der Waals surface area contributed by atoms with Gasteiger partial charge in [-0.15, -0.1) is 4.40 Å². The summed E-state index contributed by atoms with van der Waals surface area (Å²) < 4.78 is 35.6. The fraction of sp³-hybridized carbons (Fsp3) is 0.200. The van der Waals surface area contributed by atoms with E-state index in [4.69, 9.17) is 21.4 Å². The maximum atomic E-state index is 13.2. The number of guanidine groups is 1. The third kappa shape index (κ3) is 5.08. The van der Waals surface area contributed by atoms with E-state index in [9.17, 15) is 8.42 Å². The molecule has 3 aromatic carbocycles. The Morgan fingerprint density at radius 2 is 1.76 bits per heavy atom. The van der Waals surface area contributed by atoms with Crippen molar-refractivity contribution >= 4 is 33.3 Å². The largest absolute Gasteiger partial charge is 0.497 e. The first-order valence-corrected chi connectivity index (χ1v) is 12.4. The zero-order valence-electron chi connectivity index (χ0n) is 19.1. The van der Waals surface area contributed by atoms with Gasteiger partial charge in [-0.25, -0.2) is 5.01 Å². The number of sulfonamides is 1. The van der Waals surface area contributed by atoms with Crippen LogP contribution in [0.1, 0.15) is 17.0 Å². The summed E-state index contributed by atoms with van der Waals surface area (Å²) in [6.45, 7) is 0.437. The van der Waals surface area contributed by atoms with Crippen LogP contribution in [0.3, 0.4) is 0 Å². The second kappa shape index (κ2) is 9.87. The van der Waals surface area contributed by atoms with Crippen LogP contribution >= 0.6 is 11.6 Å². The predicted octanol–water partition coefficient (Wildman–Crippen LogP) is 4.46. The van der Waals surface area contributed by atoms with E-state index in [0.29, 0.717) is 17.3 Å². The van der Waals surface area contributed by atoms with E-state index in [1.165, 1.54) is 19.2 Å². The van der Waals surface area contributed by atoms with E-state index in [1.54, 1.807) is 36.1 Å². The van der Waals surface area contributed by atoms with Crippen LogP contribution in [0.5, 0.6) is 5.75 Å². The Labute approximate surface area is 205 Å². The number of hydrogen-bond donors (Lipinski definition) is 0. The van der Waals surface area contributed by atoms with Gasteiger partial charge in [0.05, 0.1) is 24.3 Å². The molecule has 1 unspecified atom stereocenters. The predicted molar refractivity (Wildman–Crippen MR) is 135 cm³/mol. The molecule has 1 heterocycles. The molecule has 0 spiro atoms. The molecule has 176 valence electrons. The lowest BCUT2D eigenvalue weighted by atomic mass is 9.91. The molecule has 0 saturated carbocycles. The van der Waals surface area contributed by atoms with Crippen LogP contribution in [0.15, 0.2) is 93.3 Å². The maximum Gasteiger partial charge on any atom is 0.285 e. The molecule has 9 heteroatoms. The minimum atomic E-state index is -4.01. The number of ether oxygens (including phenoxy) is 1. The molecule has 0 amide bonds. The number of benzene rings is 3. The zero-order chi connectivity index (χ0) is 24.3. The van der Waals surface area contributed by atoms with Crippen LogP contribution in [0.25, 0.3) is 0 Å². The minimum Gasteiger partial charge on any atom is -0.497 e. The van der Waals surface area contributed by atoms with Gasteiger partial charge in [0.1, 0.15) is 5.75 Å². The topological polar surface area (TPSA) is 74.6 Å². The van der Waals surface area contributed by atoms with Crippen LogP contribution in [-0.2, 0) is 10.0 Å². The molecule has 7 nitrogen and oxygen atoms in total. The number of hydrazone groups is 1. The van der Waals surface area contributed by atoms with Crippen molar-refractivity contribution in [3.05, 3.63) is 95.0 Å². The molecule has 1 aliphatic heterocycles. The normalized spacial score (nSPS) is 16.4. The van der Waals surface area contributed by atoms with E-state index in [-0.39, 0.29) is 16.8 Å². The van der Waals surface area contributed by atoms with Gasteiger partial charge in [0.2, 0.25) is 5.96 Å². The van der Waals surface area contributed by atoms with Crippen LogP contribution < -0.4 is 4.74 Å². The smallest absolute Gasteiger partial charge is 0.285 e. The quantitative estimate of drug-likeness (QED) is 0.385. The molecule has 1 aliphatic rings. The number of rotatable bonds is 5. The van der Waals surface area contributed by atoms with E-state index < -0.39 is 10.0 Å². The Morgan fingerprint density at radius 1 is 1.06 bits per heavy atom. The Morgan fingerprint density at radius 3 is 2.41 bits per heavy atom. The highest BCUT2D eigenvalue weighted by Gasteiger charge is 2.33. The van der Waals surface area contributed by atoms with Gasteiger partial charge >= 0.3 is 0 Å². The molecule has 0 saturated heterocycles. The zero-order valence-corrected chi connectivity index (χ0v) is 20.7. The van der Waals surface area contributed by atoms with Crippen molar-refractivity contribution in [2.75, 3.05) is 27.7 Å². The fourth-order valence-corrected chi connectivity index (χ4v) is 4.96. The second-order valence-electron chi connectivity index (χ2n) is 7.98. The standard InChI is InChI=1S/C25H25ClN4O3S/c1-29(2)25(28-34(31,32)22-11-7-10-21(16-22)33-3)30-17-23(18-8-5-4-6-9-18)24(27-30)19-12-14-20(26)15-13-19/h4-16,23H,17H2,1-3H3/b28-25-. The number of methoxy groups -OCH3 is 1. The SMILES string of the molecule is COc1cccc(S(=O)(=O)/N=C(/N(C)C)N2CC(c3ccccc3)C(c3ccc(Cl)cc3)=N2)c1. The molecular formula is C25H25ClN4O3S. The van der Waals surface area contributed by atoms with Gasteiger partial charge in [-0.3, -0.25) is 0 Å². The Bertz CT molecular complexity index is 1320. The first-order valence-electron chi connectivity index (χ1n) is 10.6. The van der Waals surface area contributed by atoms with Gasteiger partial charge in [0, 0.05) is 31.1 Å². The van der Waals surface area contributed by atoms with Gasteiger partial charge in [-0.2, -0.15) is 13.5 Å². The Balaban J connectivity index is 1.77. The highest BCUT2D eigenvalue weighted by molar-refractivity contribution is 7.90. The Kier molecular flexibility index (Phi) is 6.90. The summed E-state index contributed by atoms with van der Waals surface area (Å²) in [6.07, 6.45) is 0. The highest BCUT2D eigenvalue weighted by Crippen LogP contribution is 2.30. The third-order valence-corrected chi connectivity index (χ3v) is 6.93. The number of nitrogens with zero attached hydrogens (tertiary/aromatic N) is 4. The van der Waals surface area contributed by atoms with Crippen molar-refractivity contribution in [2.24, 2.45) is 9.50 Å². The van der Waals surface area contributed by atoms with Crippen molar-refractivity contribution in [3.8, 4) is 5.75 Å². The molecule has 1 atom stereocenters. The van der Waals surface area contributed by atoms with Crippen LogP contribution in [0.4, 0.5) is 0 Å². The summed E-state index contributed by atoms with van der Waals surface area (Å²) in [5, 5.41) is 7.10. The average Bonchev–Trinajstić information content (AvgIpc) is 3.28. The van der Waals surface area contributed by atoms with E-state index in [0.717, 1.165) is 16.8 Å². The van der Waals surface area contributed by atoms with Crippen molar-refractivity contribution in [3.63, 3.8) is 0 Å². The van der Waals surface area contributed by atoms with E-state index in [1.807, 2.05) is 54.6 Å². The molecule has 0 aromatic heterocycles. The monoisotopic (exact) mass is 496 g/mol. The summed E-state index contributed by atoms with van der Waals surface area (Å²) in [7, 11) is 0.967. The van der Waals surface area contributed by atoms with Gasteiger partial charge in [-0.1, -0.05) is 60.1 Å². The minimum absolute atomic E-state index is 0.0481. The first-order chi connectivity index (χ1) is 16.3. The first kappa shape index (κ1) is 23.8. The molecule has 0 radical (unpaired) electrons. The molecule has 0 aliphatic carbocycles. The van der Waals surface area contributed by atoms with Crippen LogP contribution in [0, 0.1) is 0 Å². The highest BCUT2D eigenvalue weighted by atomic mass is 35.5. The molecule has 0 bridgehead atoms. The molecule has 0 fully saturated rings. The summed E-state index contributed by atoms with van der Waals surface area (Å²) in [5.41, 5.74) is 2.80. The summed E-state index contributed by atoms with van der Waals surface area (Å²) in [4.78, 5) is 1.69. The lowest BCUT2D eigenvalue weighted by Crippen LogP contribution is -2.37. The lowest BCUT2D eigenvalue weighted by molar-refractivity contribution is 0.404. The molecule has 0 N–H and O–H groups in total. The summed E-state index contributed by atoms with van der Waals surface area (Å²) >= 11 is 6.09. The van der Waals surface area contributed by atoms with Gasteiger partial charge in [0.15, 0.2) is 0 Å². The third-order valence-electron chi connectivity index (χ3n) is 5.43. The Hall–Kier alpha value is -3.36. The lowest BCUT2D eigenvalue weighted by Gasteiger charge is -2.23. The molecule has 3 aromatic rings. The van der Waals surface area contributed by atoms with E-state index in [2.05, 4.69) is 4.40 Å². The van der Waals surface area contributed by atoms with Crippen molar-refractivity contribution in [1.82, 2.24) is 9.91 Å². The molecular weight excluding hydrogens is 472 g/mol. The number of hydrogen-bond acceptors (Lipinski definition) is 4. The molecule has 4 rings (SSSR count). The van der Waals surface area contributed by atoms with Crippen LogP contribution in [-0.4, -0.2) is 57.7 Å². The van der Waals surface area contributed by atoms with Gasteiger partial charge < -0.3 is 9.64 Å². The second-order valence-corrected chi connectivity index (χ2v) is 10.0. The summed E-state index contributed by atoms with van der Waals surface area (Å²) in [5.74, 6) is 0.579. The number of halogens is 1. The maximum absolute atomic E-state index is 13.2. The van der Waals surface area contributed by atoms with Crippen molar-refractivity contribution < 1.29 is 13.2 Å². The molecule has 34 heavy (non-hydrogen) atoms. The van der Waals surface area contributed by atoms with Crippen molar-refractivity contribution in [1.29, 1.82) is 0 Å². The van der Waals surface area contributed by atoms with Gasteiger partial charge in [0.25, 0.3) is 10.0 Å².